The van der Waals surface area contributed by atoms with E-state index in [0.717, 1.165) is 0 Å². The van der Waals surface area contributed by atoms with E-state index < -0.39 is 23.9 Å². The number of aliphatic hydroxyl groups is 1. The van der Waals surface area contributed by atoms with Crippen LogP contribution in [0.25, 0.3) is 0 Å². The van der Waals surface area contributed by atoms with Gasteiger partial charge in [-0.3, -0.25) is 4.79 Å². The van der Waals surface area contributed by atoms with E-state index in [1.54, 1.807) is 13.8 Å². The van der Waals surface area contributed by atoms with Gasteiger partial charge in [0.1, 0.15) is 0 Å². The van der Waals surface area contributed by atoms with Gasteiger partial charge in [0.2, 0.25) is 0 Å². The highest BCUT2D eigenvalue weighted by Gasteiger charge is 2.48. The van der Waals surface area contributed by atoms with Crippen LogP contribution in [0.3, 0.4) is 0 Å². The maximum absolute atomic E-state index is 11.8. The second-order valence-electron chi connectivity index (χ2n) is 3.93. The Morgan fingerprint density at radius 1 is 1.62 bits per heavy atom. The average molecular weight is 193 g/mol. The number of aliphatic hydroxyl groups excluding tert-OH is 1. The summed E-state index contributed by atoms with van der Waals surface area (Å²) in [5, 5.41) is 11.4. The summed E-state index contributed by atoms with van der Waals surface area (Å²) < 4.78 is 23.6. The Labute approximate surface area is 75.1 Å². The van der Waals surface area contributed by atoms with E-state index in [1.807, 2.05) is 0 Å². The van der Waals surface area contributed by atoms with Gasteiger partial charge in [-0.15, -0.1) is 0 Å². The Hall–Kier alpha value is -0.710. The summed E-state index contributed by atoms with van der Waals surface area (Å²) in [6.45, 7) is 3.47. The van der Waals surface area contributed by atoms with Crippen molar-refractivity contribution in [2.45, 2.75) is 38.8 Å². The number of hydrogen-bond acceptors (Lipinski definition) is 2. The molecule has 2 unspecified atom stereocenters. The number of rotatable bonds is 2. The summed E-state index contributed by atoms with van der Waals surface area (Å²) in [7, 11) is 0. The molecule has 0 saturated heterocycles. The summed E-state index contributed by atoms with van der Waals surface area (Å²) in [4.78, 5) is 10.6. The lowest BCUT2D eigenvalue weighted by Crippen LogP contribution is -2.61. The Balaban J connectivity index is 2.45. The largest absolute Gasteiger partial charge is 0.392 e. The standard InChI is InChI=1S/C8H13F2NO2/c1-8(2)4(3-5(8)12)11-7(13)6(9)10/h4-6,12H,3H2,1-2H3,(H,11,13). The number of carbonyl (C=O) groups is 1. The van der Waals surface area contributed by atoms with Crippen molar-refractivity contribution in [2.75, 3.05) is 0 Å². The zero-order valence-electron chi connectivity index (χ0n) is 7.55. The van der Waals surface area contributed by atoms with Crippen molar-refractivity contribution in [3.05, 3.63) is 0 Å². The first-order chi connectivity index (χ1) is 5.85. The van der Waals surface area contributed by atoms with Gasteiger partial charge >= 0.3 is 6.43 Å². The molecule has 0 aromatic carbocycles. The minimum atomic E-state index is -2.98. The Kier molecular flexibility index (Phi) is 2.56. The highest BCUT2D eigenvalue weighted by molar-refractivity contribution is 5.79. The molecule has 1 rings (SSSR count). The summed E-state index contributed by atoms with van der Waals surface area (Å²) in [5.41, 5.74) is -0.495. The summed E-state index contributed by atoms with van der Waals surface area (Å²) >= 11 is 0. The summed E-state index contributed by atoms with van der Waals surface area (Å²) in [6.07, 6.45) is -3.14. The molecule has 2 atom stereocenters. The quantitative estimate of drug-likeness (QED) is 0.672. The van der Waals surface area contributed by atoms with Gasteiger partial charge in [0.25, 0.3) is 5.91 Å². The molecular weight excluding hydrogens is 180 g/mol. The van der Waals surface area contributed by atoms with Gasteiger partial charge < -0.3 is 10.4 Å². The smallest absolute Gasteiger partial charge is 0.315 e. The third-order valence-corrected chi connectivity index (χ3v) is 2.73. The van der Waals surface area contributed by atoms with Crippen LogP contribution in [-0.4, -0.2) is 29.6 Å². The monoisotopic (exact) mass is 193 g/mol. The number of hydrogen-bond donors (Lipinski definition) is 2. The second-order valence-corrected chi connectivity index (χ2v) is 3.93. The van der Waals surface area contributed by atoms with E-state index in [1.165, 1.54) is 0 Å². The number of halogens is 2. The van der Waals surface area contributed by atoms with E-state index in [9.17, 15) is 18.7 Å². The molecule has 0 aromatic rings. The van der Waals surface area contributed by atoms with Crippen molar-refractivity contribution in [1.82, 2.24) is 5.32 Å². The maximum atomic E-state index is 11.8. The number of carbonyl (C=O) groups excluding carboxylic acids is 1. The van der Waals surface area contributed by atoms with Gasteiger partial charge in [-0.05, 0) is 6.42 Å². The first-order valence-corrected chi connectivity index (χ1v) is 4.12. The van der Waals surface area contributed by atoms with Crippen LogP contribution in [0.15, 0.2) is 0 Å². The minimum absolute atomic E-state index is 0.344. The molecule has 1 amide bonds. The zero-order valence-corrected chi connectivity index (χ0v) is 7.55. The lowest BCUT2D eigenvalue weighted by Gasteiger charge is -2.49. The molecule has 1 saturated carbocycles. The normalized spacial score (nSPS) is 31.2. The van der Waals surface area contributed by atoms with Crippen molar-refractivity contribution in [3.63, 3.8) is 0 Å². The molecule has 0 aromatic heterocycles. The van der Waals surface area contributed by atoms with E-state index in [2.05, 4.69) is 5.32 Å². The van der Waals surface area contributed by atoms with Gasteiger partial charge in [-0.25, -0.2) is 0 Å². The second kappa shape index (κ2) is 3.21. The lowest BCUT2D eigenvalue weighted by molar-refractivity contribution is -0.139. The van der Waals surface area contributed by atoms with Crippen LogP contribution in [0.2, 0.25) is 0 Å². The Morgan fingerprint density at radius 3 is 2.46 bits per heavy atom. The van der Waals surface area contributed by atoms with Gasteiger partial charge in [0.05, 0.1) is 6.10 Å². The molecule has 3 nitrogen and oxygen atoms in total. The van der Waals surface area contributed by atoms with Crippen LogP contribution in [0.4, 0.5) is 8.78 Å². The van der Waals surface area contributed by atoms with Crippen LogP contribution in [0.5, 0.6) is 0 Å². The van der Waals surface area contributed by atoms with Crippen LogP contribution in [0, 0.1) is 5.41 Å². The third kappa shape index (κ3) is 1.80. The fourth-order valence-electron chi connectivity index (χ4n) is 1.38. The highest BCUT2D eigenvalue weighted by atomic mass is 19.3. The average Bonchev–Trinajstić information content (AvgIpc) is 2.03. The van der Waals surface area contributed by atoms with Crippen molar-refractivity contribution in [2.24, 2.45) is 5.41 Å². The molecule has 2 N–H and O–H groups in total. The number of alkyl halides is 2. The lowest BCUT2D eigenvalue weighted by atomic mass is 9.64. The molecular formula is C8H13F2NO2. The van der Waals surface area contributed by atoms with E-state index in [-0.39, 0.29) is 6.04 Å². The van der Waals surface area contributed by atoms with Crippen LogP contribution < -0.4 is 5.32 Å². The molecule has 13 heavy (non-hydrogen) atoms. The molecule has 1 fully saturated rings. The van der Waals surface area contributed by atoms with Crippen molar-refractivity contribution in [3.8, 4) is 0 Å². The van der Waals surface area contributed by atoms with Crippen LogP contribution in [-0.2, 0) is 4.79 Å². The van der Waals surface area contributed by atoms with Crippen molar-refractivity contribution in [1.29, 1.82) is 0 Å². The van der Waals surface area contributed by atoms with E-state index in [4.69, 9.17) is 0 Å². The van der Waals surface area contributed by atoms with Gasteiger partial charge in [-0.1, -0.05) is 13.8 Å². The van der Waals surface area contributed by atoms with Crippen LogP contribution >= 0.6 is 0 Å². The topological polar surface area (TPSA) is 49.3 Å². The molecule has 0 radical (unpaired) electrons. The molecule has 76 valence electrons. The van der Waals surface area contributed by atoms with Crippen molar-refractivity contribution < 1.29 is 18.7 Å². The first kappa shape index (κ1) is 10.4. The fraction of sp³-hybridized carbons (Fsp3) is 0.875. The molecule has 0 bridgehead atoms. The highest BCUT2D eigenvalue weighted by Crippen LogP contribution is 2.40. The van der Waals surface area contributed by atoms with Gasteiger partial charge in [-0.2, -0.15) is 8.78 Å². The van der Waals surface area contributed by atoms with Gasteiger partial charge in [0.15, 0.2) is 0 Å². The molecule has 1 aliphatic rings. The Bertz CT molecular complexity index is 218. The number of nitrogens with one attached hydrogen (secondary N) is 1. The Morgan fingerprint density at radius 2 is 2.15 bits per heavy atom. The molecule has 0 heterocycles. The van der Waals surface area contributed by atoms with Crippen LogP contribution in [0.1, 0.15) is 20.3 Å². The van der Waals surface area contributed by atoms with E-state index in [0.29, 0.717) is 6.42 Å². The zero-order chi connectivity index (χ0) is 10.2. The number of amides is 1. The SMILES string of the molecule is CC1(C)C(O)CC1NC(=O)C(F)F. The predicted molar refractivity (Wildman–Crippen MR) is 42.3 cm³/mol. The van der Waals surface area contributed by atoms with Gasteiger partial charge in [0, 0.05) is 11.5 Å². The minimum Gasteiger partial charge on any atom is -0.392 e. The van der Waals surface area contributed by atoms with E-state index >= 15 is 0 Å². The van der Waals surface area contributed by atoms with Crippen molar-refractivity contribution >= 4 is 5.91 Å². The maximum Gasteiger partial charge on any atom is 0.315 e. The summed E-state index contributed by atoms with van der Waals surface area (Å²) in [6, 6.07) is -0.344. The summed E-state index contributed by atoms with van der Waals surface area (Å²) in [5.74, 6) is -1.26. The molecule has 0 aliphatic heterocycles. The molecule has 5 heteroatoms. The predicted octanol–water partition coefficient (Wildman–Crippen LogP) is 0.527. The molecule has 1 aliphatic carbocycles. The third-order valence-electron chi connectivity index (χ3n) is 2.73. The first-order valence-electron chi connectivity index (χ1n) is 4.12. The molecule has 0 spiro atoms. The fourth-order valence-corrected chi connectivity index (χ4v) is 1.38.